The van der Waals surface area contributed by atoms with Gasteiger partial charge in [0.15, 0.2) is 0 Å². The van der Waals surface area contributed by atoms with Crippen molar-refractivity contribution in [3.05, 3.63) is 36.5 Å². The number of carbonyl (C=O) groups excluding carboxylic acids is 6. The van der Waals surface area contributed by atoms with Crippen LogP contribution in [0.3, 0.4) is 0 Å². The fourth-order valence-corrected chi connectivity index (χ4v) is 3.02. The van der Waals surface area contributed by atoms with Crippen LogP contribution >= 0.6 is 0 Å². The van der Waals surface area contributed by atoms with E-state index in [0.29, 0.717) is 0 Å². The van der Waals surface area contributed by atoms with E-state index in [2.05, 4.69) is 19.7 Å². The van der Waals surface area contributed by atoms with Gasteiger partial charge >= 0.3 is 35.8 Å². The zero-order valence-corrected chi connectivity index (χ0v) is 26.7. The fourth-order valence-electron chi connectivity index (χ4n) is 3.02. The maximum atomic E-state index is 12.3. The third kappa shape index (κ3) is 15.5. The lowest BCUT2D eigenvalue weighted by molar-refractivity contribution is -0.173. The normalized spacial score (nSPS) is 11.0. The number of hydrogen-bond donors (Lipinski definition) is 0. The average Bonchev–Trinajstić information content (AvgIpc) is 3.00. The van der Waals surface area contributed by atoms with Gasteiger partial charge in [0.05, 0.1) is 24.0 Å². The van der Waals surface area contributed by atoms with Gasteiger partial charge in [-0.15, -0.1) is 0 Å². The Hall–Kier alpha value is -4.00. The second-order valence-electron chi connectivity index (χ2n) is 10.6. The molecule has 0 atom stereocenters. The summed E-state index contributed by atoms with van der Waals surface area (Å²) in [5.41, 5.74) is -2.53. The van der Waals surface area contributed by atoms with Crippen molar-refractivity contribution in [1.29, 1.82) is 0 Å². The van der Waals surface area contributed by atoms with Crippen molar-refractivity contribution in [2.45, 2.75) is 60.8 Å². The predicted octanol–water partition coefficient (Wildman–Crippen LogP) is 3.19. The monoisotopic (exact) mass is 626 g/mol. The first-order valence-electron chi connectivity index (χ1n) is 14.1. The number of hydrogen-bond acceptors (Lipinski definition) is 13. The Bertz CT molecular complexity index is 1020. The quantitative estimate of drug-likeness (QED) is 0.0977. The first-order valence-corrected chi connectivity index (χ1v) is 14.1. The van der Waals surface area contributed by atoms with E-state index in [4.69, 9.17) is 33.2 Å². The van der Waals surface area contributed by atoms with Crippen molar-refractivity contribution in [2.24, 2.45) is 10.8 Å². The van der Waals surface area contributed by atoms with Gasteiger partial charge in [-0.2, -0.15) is 0 Å². The third-order valence-electron chi connectivity index (χ3n) is 5.87. The van der Waals surface area contributed by atoms with E-state index in [1.807, 2.05) is 0 Å². The van der Waals surface area contributed by atoms with Crippen molar-refractivity contribution in [1.82, 2.24) is 0 Å². The maximum absolute atomic E-state index is 12.3. The van der Waals surface area contributed by atoms with Crippen LogP contribution in [0.5, 0.6) is 0 Å². The molecule has 0 rings (SSSR count). The lowest BCUT2D eigenvalue weighted by Gasteiger charge is -2.35. The van der Waals surface area contributed by atoms with Crippen LogP contribution in [0.15, 0.2) is 36.5 Å². The van der Waals surface area contributed by atoms with Crippen molar-refractivity contribution >= 4 is 35.8 Å². The van der Waals surface area contributed by atoms with Gasteiger partial charge in [0.2, 0.25) is 0 Å². The third-order valence-corrected chi connectivity index (χ3v) is 5.87. The molecule has 0 bridgehead atoms. The molecule has 0 heterocycles. The van der Waals surface area contributed by atoms with Gasteiger partial charge in [-0.25, -0.2) is 14.4 Å². The average molecular weight is 627 g/mol. The van der Waals surface area contributed by atoms with Gasteiger partial charge in [-0.1, -0.05) is 40.5 Å². The zero-order chi connectivity index (χ0) is 33.9. The molecule has 0 aromatic carbocycles. The zero-order valence-electron chi connectivity index (χ0n) is 26.7. The van der Waals surface area contributed by atoms with Crippen molar-refractivity contribution in [3.63, 3.8) is 0 Å². The Balaban J connectivity index is 6.47. The molecular formula is C31H46O13. The minimum atomic E-state index is -1.43. The van der Waals surface area contributed by atoms with Gasteiger partial charge in [0.25, 0.3) is 0 Å². The molecular weight excluding hydrogens is 580 g/mol. The summed E-state index contributed by atoms with van der Waals surface area (Å²) in [5, 5.41) is 0. The highest BCUT2D eigenvalue weighted by Crippen LogP contribution is 2.27. The number of esters is 6. The van der Waals surface area contributed by atoms with Gasteiger partial charge in [-0.3, -0.25) is 14.4 Å². The Morgan fingerprint density at radius 2 is 0.659 bits per heavy atom. The second-order valence-corrected chi connectivity index (χ2v) is 10.6. The van der Waals surface area contributed by atoms with Crippen LogP contribution in [0.25, 0.3) is 0 Å². The SMILES string of the molecule is C=C(C)C(=O)OCC(COCC(COC(=O)CC)(COC(=O)C(=C)C)COC(=O)C(=C)C)(COC(=O)CC)COC(=O)CC. The van der Waals surface area contributed by atoms with Gasteiger partial charge in [0.1, 0.15) is 39.6 Å². The molecule has 0 N–H and O–H groups in total. The summed E-state index contributed by atoms with van der Waals surface area (Å²) in [6, 6.07) is 0. The molecule has 0 spiro atoms. The minimum absolute atomic E-state index is 0.0385. The van der Waals surface area contributed by atoms with Crippen LogP contribution in [0, 0.1) is 10.8 Å². The molecule has 44 heavy (non-hydrogen) atoms. The Kier molecular flexibility index (Phi) is 18.2. The molecule has 0 aliphatic heterocycles. The maximum Gasteiger partial charge on any atom is 0.333 e. The predicted molar refractivity (Wildman–Crippen MR) is 157 cm³/mol. The van der Waals surface area contributed by atoms with E-state index in [1.165, 1.54) is 20.8 Å². The Morgan fingerprint density at radius 3 is 0.864 bits per heavy atom. The lowest BCUT2D eigenvalue weighted by Crippen LogP contribution is -2.47. The molecule has 13 heteroatoms. The van der Waals surface area contributed by atoms with E-state index in [0.717, 1.165) is 0 Å². The van der Waals surface area contributed by atoms with Gasteiger partial charge < -0.3 is 33.2 Å². The van der Waals surface area contributed by atoms with Crippen molar-refractivity contribution < 1.29 is 61.9 Å². The highest BCUT2D eigenvalue weighted by molar-refractivity contribution is 5.87. The smallest absolute Gasteiger partial charge is 0.333 e. The largest absolute Gasteiger partial charge is 0.465 e. The summed E-state index contributed by atoms with van der Waals surface area (Å²) in [6.07, 6.45) is 0.132. The number of ether oxygens (including phenoxy) is 7. The molecule has 0 amide bonds. The van der Waals surface area contributed by atoms with Gasteiger partial charge in [0, 0.05) is 36.0 Å². The summed E-state index contributed by atoms with van der Waals surface area (Å²) < 4.78 is 38.2. The first-order chi connectivity index (χ1) is 20.6. The summed E-state index contributed by atoms with van der Waals surface area (Å²) in [7, 11) is 0. The molecule has 0 aliphatic carbocycles. The van der Waals surface area contributed by atoms with E-state index >= 15 is 0 Å². The molecule has 0 radical (unpaired) electrons. The molecule has 248 valence electrons. The second kappa shape index (κ2) is 20.0. The van der Waals surface area contributed by atoms with Crippen molar-refractivity contribution in [3.8, 4) is 0 Å². The molecule has 0 fully saturated rings. The Labute approximate surface area is 258 Å². The highest BCUT2D eigenvalue weighted by Gasteiger charge is 2.41. The molecule has 0 saturated heterocycles. The summed E-state index contributed by atoms with van der Waals surface area (Å²) in [4.78, 5) is 73.0. The summed E-state index contributed by atoms with van der Waals surface area (Å²) in [6.45, 7) is 16.7. The molecule has 0 aliphatic rings. The molecule has 0 aromatic heterocycles. The number of rotatable bonds is 22. The fraction of sp³-hybridized carbons (Fsp3) is 0.613. The van der Waals surface area contributed by atoms with E-state index in [1.54, 1.807) is 20.8 Å². The van der Waals surface area contributed by atoms with Crippen LogP contribution in [0.1, 0.15) is 60.8 Å². The van der Waals surface area contributed by atoms with Gasteiger partial charge in [-0.05, 0) is 20.8 Å². The lowest BCUT2D eigenvalue weighted by atomic mass is 9.90. The molecule has 0 saturated carbocycles. The first kappa shape index (κ1) is 40.0. The number of carbonyl (C=O) groups is 6. The van der Waals surface area contributed by atoms with E-state index < -0.39 is 66.5 Å². The Morgan fingerprint density at radius 1 is 0.432 bits per heavy atom. The topological polar surface area (TPSA) is 167 Å². The standard InChI is InChI=1S/C31H46O13/c1-10-24(32)39-15-30(16-40-25(33)11-2,18-42-27(35)21(4)5)13-38-14-31(17-41-26(34)12-3,19-43-28(36)22(6)7)20-44-29(37)23(8)9/h4,6,8,10-20H2,1-3,5,7,9H3. The van der Waals surface area contributed by atoms with E-state index in [9.17, 15) is 28.8 Å². The highest BCUT2D eigenvalue weighted by atomic mass is 16.6. The summed E-state index contributed by atoms with van der Waals surface area (Å²) in [5.74, 6) is -3.95. The van der Waals surface area contributed by atoms with E-state index in [-0.39, 0.29) is 69.0 Å². The van der Waals surface area contributed by atoms with Crippen LogP contribution in [-0.4, -0.2) is 88.7 Å². The minimum Gasteiger partial charge on any atom is -0.465 e. The van der Waals surface area contributed by atoms with Crippen LogP contribution in [0.4, 0.5) is 0 Å². The molecule has 0 unspecified atom stereocenters. The van der Waals surface area contributed by atoms with Crippen LogP contribution < -0.4 is 0 Å². The van der Waals surface area contributed by atoms with Crippen LogP contribution in [-0.2, 0) is 61.9 Å². The molecule has 13 nitrogen and oxygen atoms in total. The van der Waals surface area contributed by atoms with Crippen molar-refractivity contribution in [2.75, 3.05) is 52.9 Å². The summed E-state index contributed by atoms with van der Waals surface area (Å²) >= 11 is 0. The molecule has 0 aromatic rings. The van der Waals surface area contributed by atoms with Crippen LogP contribution in [0.2, 0.25) is 0 Å².